The van der Waals surface area contributed by atoms with Gasteiger partial charge < -0.3 is 14.0 Å². The maximum atomic E-state index is 6.01. The van der Waals surface area contributed by atoms with Crippen LogP contribution in [0.3, 0.4) is 0 Å². The lowest BCUT2D eigenvalue weighted by atomic mass is 10.2. The highest BCUT2D eigenvalue weighted by molar-refractivity contribution is 7.98. The molecule has 4 aromatic rings. The fourth-order valence-corrected chi connectivity index (χ4v) is 3.38. The van der Waals surface area contributed by atoms with E-state index in [2.05, 4.69) is 25.3 Å². The smallest absolute Gasteiger partial charge is 0.147 e. The van der Waals surface area contributed by atoms with E-state index in [1.54, 1.807) is 11.8 Å². The monoisotopic (exact) mass is 390 g/mol. The Labute approximate surface area is 169 Å². The molecule has 3 aromatic carbocycles. The number of hydrogen-bond donors (Lipinski definition) is 0. The average molecular weight is 391 g/mol. The Bertz CT molecular complexity index is 1090. The van der Waals surface area contributed by atoms with Crippen LogP contribution in [-0.2, 0) is 13.7 Å². The van der Waals surface area contributed by atoms with Crippen molar-refractivity contribution in [3.05, 3.63) is 78.1 Å². The maximum Gasteiger partial charge on any atom is 0.147 e. The molecule has 0 radical (unpaired) electrons. The van der Waals surface area contributed by atoms with Gasteiger partial charge in [0.05, 0.1) is 11.0 Å². The molecule has 0 saturated heterocycles. The zero-order valence-electron chi connectivity index (χ0n) is 16.2. The van der Waals surface area contributed by atoms with Gasteiger partial charge in [0.25, 0.3) is 0 Å². The van der Waals surface area contributed by atoms with Gasteiger partial charge in [0.2, 0.25) is 0 Å². The number of rotatable bonds is 6. The molecule has 0 amide bonds. The van der Waals surface area contributed by atoms with Gasteiger partial charge in [-0.15, -0.1) is 11.8 Å². The van der Waals surface area contributed by atoms with Crippen molar-refractivity contribution in [1.29, 1.82) is 0 Å². The fraction of sp³-hybridized carbons (Fsp3) is 0.174. The Morgan fingerprint density at radius 2 is 1.57 bits per heavy atom. The van der Waals surface area contributed by atoms with Gasteiger partial charge in [0, 0.05) is 18.0 Å². The number of aromatic nitrogens is 2. The molecule has 0 unspecified atom stereocenters. The quantitative estimate of drug-likeness (QED) is 0.380. The summed E-state index contributed by atoms with van der Waals surface area (Å²) in [7, 11) is 2.00. The molecular formula is C23H22N2O2S. The first-order valence-corrected chi connectivity index (χ1v) is 10.3. The van der Waals surface area contributed by atoms with E-state index in [1.165, 1.54) is 10.5 Å². The molecule has 142 valence electrons. The fourth-order valence-electron chi connectivity index (χ4n) is 2.97. The minimum Gasteiger partial charge on any atom is -0.486 e. The minimum absolute atomic E-state index is 0.417. The molecule has 0 aliphatic rings. The van der Waals surface area contributed by atoms with Crippen molar-refractivity contribution in [3.63, 3.8) is 0 Å². The van der Waals surface area contributed by atoms with E-state index in [-0.39, 0.29) is 0 Å². The Hall–Kier alpha value is -2.92. The number of ether oxygens (including phenoxy) is 2. The second-order valence-electron chi connectivity index (χ2n) is 6.62. The van der Waals surface area contributed by atoms with E-state index in [1.807, 2.05) is 66.2 Å². The van der Waals surface area contributed by atoms with Crippen LogP contribution < -0.4 is 9.47 Å². The van der Waals surface area contributed by atoms with Gasteiger partial charge >= 0.3 is 0 Å². The second-order valence-corrected chi connectivity index (χ2v) is 7.50. The molecule has 1 heterocycles. The Morgan fingerprint density at radius 1 is 0.893 bits per heavy atom. The number of aryl methyl sites for hydroxylation is 2. The summed E-state index contributed by atoms with van der Waals surface area (Å²) in [6, 6.07) is 22.1. The highest BCUT2D eigenvalue weighted by Crippen LogP contribution is 2.27. The summed E-state index contributed by atoms with van der Waals surface area (Å²) in [6.07, 6.45) is 2.06. The molecule has 0 saturated carbocycles. The Balaban J connectivity index is 1.52. The first kappa shape index (κ1) is 18.4. The van der Waals surface area contributed by atoms with E-state index < -0.39 is 0 Å². The molecule has 0 bridgehead atoms. The molecule has 0 aliphatic carbocycles. The lowest BCUT2D eigenvalue weighted by molar-refractivity contribution is 0.292. The molecule has 4 nitrogen and oxygen atoms in total. The lowest BCUT2D eigenvalue weighted by Gasteiger charge is -2.08. The second kappa shape index (κ2) is 7.98. The molecule has 1 aromatic heterocycles. The minimum atomic E-state index is 0.417. The van der Waals surface area contributed by atoms with Gasteiger partial charge in [-0.1, -0.05) is 17.7 Å². The SMILES string of the molecule is CSc1ccc(Oc2ccc3nc(COc4ccc(C)cc4)n(C)c3c2)cc1. The van der Waals surface area contributed by atoms with E-state index in [0.29, 0.717) is 6.61 Å². The van der Waals surface area contributed by atoms with Crippen LogP contribution in [0.1, 0.15) is 11.4 Å². The number of fused-ring (bicyclic) bond motifs is 1. The van der Waals surface area contributed by atoms with Gasteiger partial charge in [0.15, 0.2) is 0 Å². The first-order valence-electron chi connectivity index (χ1n) is 9.09. The van der Waals surface area contributed by atoms with Crippen LogP contribution in [0.5, 0.6) is 17.2 Å². The van der Waals surface area contributed by atoms with Crippen LogP contribution in [0.2, 0.25) is 0 Å². The maximum absolute atomic E-state index is 6.01. The van der Waals surface area contributed by atoms with Crippen molar-refractivity contribution in [2.24, 2.45) is 7.05 Å². The lowest BCUT2D eigenvalue weighted by Crippen LogP contribution is -2.03. The zero-order chi connectivity index (χ0) is 19.5. The highest BCUT2D eigenvalue weighted by Gasteiger charge is 2.10. The van der Waals surface area contributed by atoms with E-state index in [4.69, 9.17) is 14.5 Å². The number of hydrogen-bond acceptors (Lipinski definition) is 4. The van der Waals surface area contributed by atoms with Crippen molar-refractivity contribution in [1.82, 2.24) is 9.55 Å². The standard InChI is InChI=1S/C23H22N2O2S/c1-16-4-6-17(7-5-16)26-15-23-24-21-13-10-19(14-22(21)25(23)2)27-18-8-11-20(28-3)12-9-18/h4-14H,15H2,1-3H3. The van der Waals surface area contributed by atoms with Gasteiger partial charge in [-0.25, -0.2) is 4.98 Å². The summed E-state index contributed by atoms with van der Waals surface area (Å²) >= 11 is 1.71. The Morgan fingerprint density at radius 3 is 2.29 bits per heavy atom. The van der Waals surface area contributed by atoms with Crippen LogP contribution >= 0.6 is 11.8 Å². The summed E-state index contributed by atoms with van der Waals surface area (Å²) < 4.78 is 13.9. The normalized spacial score (nSPS) is 11.0. The molecule has 28 heavy (non-hydrogen) atoms. The highest BCUT2D eigenvalue weighted by atomic mass is 32.2. The predicted molar refractivity (Wildman–Crippen MR) is 115 cm³/mol. The van der Waals surface area contributed by atoms with Gasteiger partial charge in [-0.3, -0.25) is 0 Å². The molecule has 0 N–H and O–H groups in total. The van der Waals surface area contributed by atoms with Crippen molar-refractivity contribution < 1.29 is 9.47 Å². The Kier molecular flexibility index (Phi) is 5.26. The molecule has 0 spiro atoms. The summed E-state index contributed by atoms with van der Waals surface area (Å²) in [5.41, 5.74) is 3.15. The summed E-state index contributed by atoms with van der Waals surface area (Å²) in [6.45, 7) is 2.48. The molecule has 0 aliphatic heterocycles. The molecule has 5 heteroatoms. The van der Waals surface area contributed by atoms with Gasteiger partial charge in [-0.2, -0.15) is 0 Å². The van der Waals surface area contributed by atoms with Crippen LogP contribution in [0.15, 0.2) is 71.6 Å². The van der Waals surface area contributed by atoms with Crippen molar-refractivity contribution >= 4 is 22.8 Å². The third kappa shape index (κ3) is 3.99. The van der Waals surface area contributed by atoms with Crippen LogP contribution in [0, 0.1) is 6.92 Å². The number of imidazole rings is 1. The first-order chi connectivity index (χ1) is 13.6. The van der Waals surface area contributed by atoms with Crippen molar-refractivity contribution in [3.8, 4) is 17.2 Å². The summed E-state index contributed by atoms with van der Waals surface area (Å²) in [5, 5.41) is 0. The molecule has 0 fully saturated rings. The molecular weight excluding hydrogens is 368 g/mol. The van der Waals surface area contributed by atoms with Crippen molar-refractivity contribution in [2.45, 2.75) is 18.4 Å². The predicted octanol–water partition coefficient (Wildman–Crippen LogP) is 5.97. The number of benzene rings is 3. The number of nitrogens with zero attached hydrogens (tertiary/aromatic N) is 2. The van der Waals surface area contributed by atoms with Crippen molar-refractivity contribution in [2.75, 3.05) is 6.26 Å². The van der Waals surface area contributed by atoms with Crippen LogP contribution in [0.4, 0.5) is 0 Å². The summed E-state index contributed by atoms with van der Waals surface area (Å²) in [4.78, 5) is 5.91. The van der Waals surface area contributed by atoms with Gasteiger partial charge in [0.1, 0.15) is 29.7 Å². The largest absolute Gasteiger partial charge is 0.486 e. The topological polar surface area (TPSA) is 36.3 Å². The molecule has 0 atom stereocenters. The third-order valence-electron chi connectivity index (χ3n) is 4.63. The summed E-state index contributed by atoms with van der Waals surface area (Å²) in [5.74, 6) is 3.33. The van der Waals surface area contributed by atoms with Crippen LogP contribution in [0.25, 0.3) is 11.0 Å². The zero-order valence-corrected chi connectivity index (χ0v) is 17.0. The third-order valence-corrected chi connectivity index (χ3v) is 5.37. The van der Waals surface area contributed by atoms with Crippen LogP contribution in [-0.4, -0.2) is 15.8 Å². The van der Waals surface area contributed by atoms with E-state index in [0.717, 1.165) is 34.1 Å². The van der Waals surface area contributed by atoms with E-state index in [9.17, 15) is 0 Å². The number of thioether (sulfide) groups is 1. The van der Waals surface area contributed by atoms with E-state index >= 15 is 0 Å². The molecule has 4 rings (SSSR count). The van der Waals surface area contributed by atoms with Gasteiger partial charge in [-0.05, 0) is 61.7 Å². The average Bonchev–Trinajstić information content (AvgIpc) is 3.03.